The molecule has 4 heteroatoms. The van der Waals surface area contributed by atoms with E-state index in [4.69, 9.17) is 0 Å². The predicted octanol–water partition coefficient (Wildman–Crippen LogP) is 2.62. The molecule has 0 saturated carbocycles. The molecule has 0 aliphatic carbocycles. The normalized spacial score (nSPS) is 16.2. The Morgan fingerprint density at radius 3 is 2.89 bits per heavy atom. The van der Waals surface area contributed by atoms with E-state index in [2.05, 4.69) is 5.32 Å². The molecule has 98 valence electrons. The summed E-state index contributed by atoms with van der Waals surface area (Å²) < 4.78 is 0. The Morgan fingerprint density at radius 1 is 1.33 bits per heavy atom. The van der Waals surface area contributed by atoms with Gasteiger partial charge in [-0.15, -0.1) is 0 Å². The summed E-state index contributed by atoms with van der Waals surface area (Å²) in [7, 11) is 1.90. The smallest absolute Gasteiger partial charge is 0.253 e. The van der Waals surface area contributed by atoms with Gasteiger partial charge in [-0.05, 0) is 42.9 Å². The number of aryl methyl sites for hydroxylation is 1. The second-order valence-corrected chi connectivity index (χ2v) is 5.76. The van der Waals surface area contributed by atoms with Gasteiger partial charge in [0.1, 0.15) is 0 Å². The molecule has 1 N–H and O–H groups in total. The Morgan fingerprint density at radius 2 is 2.17 bits per heavy atom. The zero-order valence-corrected chi connectivity index (χ0v) is 11.8. The number of hydrogen-bond donors (Lipinski definition) is 1. The fourth-order valence-electron chi connectivity index (χ4n) is 2.21. The van der Waals surface area contributed by atoms with Gasteiger partial charge in [-0.2, -0.15) is 11.8 Å². The maximum Gasteiger partial charge on any atom is 0.253 e. The molecule has 1 fully saturated rings. The number of thioether (sulfide) groups is 1. The van der Waals surface area contributed by atoms with E-state index in [1.807, 2.05) is 48.8 Å². The molecule has 18 heavy (non-hydrogen) atoms. The molecule has 1 saturated heterocycles. The van der Waals surface area contributed by atoms with Crippen LogP contribution in [0.25, 0.3) is 0 Å². The molecular weight excluding hydrogens is 244 g/mol. The first kappa shape index (κ1) is 13.3. The number of carbonyl (C=O) groups excluding carboxylic acids is 1. The number of anilines is 1. The number of amides is 1. The number of nitrogens with zero attached hydrogens (tertiary/aromatic N) is 1. The van der Waals surface area contributed by atoms with Gasteiger partial charge in [0.2, 0.25) is 0 Å². The van der Waals surface area contributed by atoms with Gasteiger partial charge in [-0.1, -0.05) is 0 Å². The molecular formula is C14H20N2OS. The summed E-state index contributed by atoms with van der Waals surface area (Å²) in [5.41, 5.74) is 3.00. The second-order valence-electron chi connectivity index (χ2n) is 4.54. The van der Waals surface area contributed by atoms with E-state index in [1.165, 1.54) is 5.75 Å². The zero-order valence-electron chi connectivity index (χ0n) is 11.0. The molecule has 1 aromatic rings. The number of rotatable bonds is 2. The number of hydrogen-bond acceptors (Lipinski definition) is 3. The van der Waals surface area contributed by atoms with Crippen LogP contribution in [0.5, 0.6) is 0 Å². The third-order valence-corrected chi connectivity index (χ3v) is 4.30. The summed E-state index contributed by atoms with van der Waals surface area (Å²) in [5, 5.41) is 3.12. The van der Waals surface area contributed by atoms with E-state index in [0.717, 1.165) is 42.1 Å². The molecule has 0 spiro atoms. The zero-order chi connectivity index (χ0) is 13.0. The van der Waals surface area contributed by atoms with Gasteiger partial charge in [0.25, 0.3) is 5.91 Å². The monoisotopic (exact) mass is 264 g/mol. The van der Waals surface area contributed by atoms with Crippen LogP contribution in [0.2, 0.25) is 0 Å². The summed E-state index contributed by atoms with van der Waals surface area (Å²) in [5.74, 6) is 2.39. The lowest BCUT2D eigenvalue weighted by Crippen LogP contribution is -2.32. The third kappa shape index (κ3) is 2.99. The predicted molar refractivity (Wildman–Crippen MR) is 78.6 cm³/mol. The van der Waals surface area contributed by atoms with Gasteiger partial charge in [0.05, 0.1) is 0 Å². The molecule has 0 aromatic heterocycles. The van der Waals surface area contributed by atoms with Crippen LogP contribution in [0.15, 0.2) is 18.2 Å². The average molecular weight is 264 g/mol. The van der Waals surface area contributed by atoms with Crippen LogP contribution < -0.4 is 5.32 Å². The van der Waals surface area contributed by atoms with Crippen molar-refractivity contribution in [2.45, 2.75) is 13.3 Å². The minimum Gasteiger partial charge on any atom is -0.388 e. The van der Waals surface area contributed by atoms with Gasteiger partial charge >= 0.3 is 0 Å². The van der Waals surface area contributed by atoms with Crippen molar-refractivity contribution < 1.29 is 4.79 Å². The lowest BCUT2D eigenvalue weighted by atomic mass is 10.1. The van der Waals surface area contributed by atoms with Crippen LogP contribution in [-0.4, -0.2) is 42.4 Å². The van der Waals surface area contributed by atoms with Crippen LogP contribution in [0.4, 0.5) is 5.69 Å². The van der Waals surface area contributed by atoms with Gasteiger partial charge in [0, 0.05) is 37.1 Å². The van der Waals surface area contributed by atoms with E-state index in [0.29, 0.717) is 0 Å². The molecule has 2 rings (SSSR count). The van der Waals surface area contributed by atoms with E-state index < -0.39 is 0 Å². The van der Waals surface area contributed by atoms with Crippen molar-refractivity contribution in [3.8, 4) is 0 Å². The topological polar surface area (TPSA) is 32.3 Å². The van der Waals surface area contributed by atoms with Crippen molar-refractivity contribution in [3.63, 3.8) is 0 Å². The highest BCUT2D eigenvalue weighted by Crippen LogP contribution is 2.18. The molecule has 0 radical (unpaired) electrons. The maximum atomic E-state index is 12.4. The first-order valence-corrected chi connectivity index (χ1v) is 7.53. The van der Waals surface area contributed by atoms with Gasteiger partial charge in [-0.25, -0.2) is 0 Å². The van der Waals surface area contributed by atoms with Crippen LogP contribution in [0, 0.1) is 6.92 Å². The first-order chi connectivity index (χ1) is 8.72. The van der Waals surface area contributed by atoms with Crippen molar-refractivity contribution in [1.29, 1.82) is 0 Å². The Kier molecular flexibility index (Phi) is 4.53. The lowest BCUT2D eigenvalue weighted by molar-refractivity contribution is 0.0768. The van der Waals surface area contributed by atoms with E-state index in [1.54, 1.807) is 0 Å². The van der Waals surface area contributed by atoms with Crippen LogP contribution in [0.1, 0.15) is 22.3 Å². The highest BCUT2D eigenvalue weighted by atomic mass is 32.2. The standard InChI is InChI=1S/C14H20N2OS/c1-11-10-12(4-5-13(11)15-2)14(17)16-6-3-8-18-9-7-16/h4-5,10,15H,3,6-9H2,1-2H3. The summed E-state index contributed by atoms with van der Waals surface area (Å²) in [6.07, 6.45) is 1.10. The molecule has 1 aliphatic rings. The summed E-state index contributed by atoms with van der Waals surface area (Å²) in [6.45, 7) is 3.79. The van der Waals surface area contributed by atoms with Gasteiger partial charge < -0.3 is 10.2 Å². The quantitative estimate of drug-likeness (QED) is 0.891. The maximum absolute atomic E-state index is 12.4. The Bertz CT molecular complexity index is 426. The van der Waals surface area contributed by atoms with Crippen LogP contribution in [-0.2, 0) is 0 Å². The summed E-state index contributed by atoms with van der Waals surface area (Å²) >= 11 is 1.94. The summed E-state index contributed by atoms with van der Waals surface area (Å²) in [4.78, 5) is 14.4. The molecule has 1 aliphatic heterocycles. The van der Waals surface area contributed by atoms with E-state index >= 15 is 0 Å². The SMILES string of the molecule is CNc1ccc(C(=O)N2CCCSCC2)cc1C. The van der Waals surface area contributed by atoms with Crippen LogP contribution in [0.3, 0.4) is 0 Å². The Balaban J connectivity index is 2.14. The molecule has 3 nitrogen and oxygen atoms in total. The highest BCUT2D eigenvalue weighted by Gasteiger charge is 2.17. The van der Waals surface area contributed by atoms with Crippen molar-refractivity contribution in [2.75, 3.05) is 37.0 Å². The average Bonchev–Trinajstić information content (AvgIpc) is 2.66. The third-order valence-electron chi connectivity index (χ3n) is 3.25. The fourth-order valence-corrected chi connectivity index (χ4v) is 3.10. The minimum absolute atomic E-state index is 0.170. The molecule has 1 heterocycles. The molecule has 0 atom stereocenters. The molecule has 1 amide bonds. The number of nitrogens with one attached hydrogen (secondary N) is 1. The van der Waals surface area contributed by atoms with E-state index in [-0.39, 0.29) is 5.91 Å². The molecule has 0 unspecified atom stereocenters. The summed E-state index contributed by atoms with van der Waals surface area (Å²) in [6, 6.07) is 5.88. The molecule has 1 aromatic carbocycles. The van der Waals surface area contributed by atoms with Gasteiger partial charge in [-0.3, -0.25) is 4.79 Å². The van der Waals surface area contributed by atoms with Crippen molar-refractivity contribution in [3.05, 3.63) is 29.3 Å². The van der Waals surface area contributed by atoms with Gasteiger partial charge in [0.15, 0.2) is 0 Å². The minimum atomic E-state index is 0.170. The second kappa shape index (κ2) is 6.14. The lowest BCUT2D eigenvalue weighted by Gasteiger charge is -2.20. The first-order valence-electron chi connectivity index (χ1n) is 6.38. The molecule has 0 bridgehead atoms. The van der Waals surface area contributed by atoms with Crippen molar-refractivity contribution >= 4 is 23.4 Å². The Hall–Kier alpha value is -1.16. The Labute approximate surface area is 113 Å². The highest BCUT2D eigenvalue weighted by molar-refractivity contribution is 7.99. The van der Waals surface area contributed by atoms with Crippen molar-refractivity contribution in [2.24, 2.45) is 0 Å². The largest absolute Gasteiger partial charge is 0.388 e. The van der Waals surface area contributed by atoms with E-state index in [9.17, 15) is 4.79 Å². The number of benzene rings is 1. The van der Waals surface area contributed by atoms with Crippen molar-refractivity contribution in [1.82, 2.24) is 4.90 Å². The number of carbonyl (C=O) groups is 1. The fraction of sp³-hybridized carbons (Fsp3) is 0.500. The van der Waals surface area contributed by atoms with Crippen LogP contribution >= 0.6 is 11.8 Å².